The molecule has 0 aromatic rings. The Balaban J connectivity index is 3.46. The third kappa shape index (κ3) is 10.8. The van der Waals surface area contributed by atoms with Crippen LogP contribution < -0.4 is 5.32 Å². The Morgan fingerprint density at radius 1 is 1.00 bits per heavy atom. The third-order valence-electron chi connectivity index (χ3n) is 4.30. The van der Waals surface area contributed by atoms with Crippen LogP contribution in [0.5, 0.6) is 0 Å². The number of likely N-dealkylation sites (N-methyl/N-ethyl adjacent to an activating group) is 1. The molecule has 4 heteroatoms. The molecule has 22 heavy (non-hydrogen) atoms. The van der Waals surface area contributed by atoms with Crippen molar-refractivity contribution < 1.29 is 9.59 Å². The molecule has 0 spiro atoms. The molecule has 0 saturated heterocycles. The molecule has 0 aliphatic heterocycles. The van der Waals surface area contributed by atoms with Gasteiger partial charge in [-0.3, -0.25) is 14.5 Å². The van der Waals surface area contributed by atoms with Crippen LogP contribution in [0.4, 0.5) is 0 Å². The number of nitrogens with one attached hydrogen (secondary N) is 1. The van der Waals surface area contributed by atoms with Crippen molar-refractivity contribution in [2.75, 3.05) is 20.1 Å². The summed E-state index contributed by atoms with van der Waals surface area (Å²) < 4.78 is 0. The third-order valence-corrected chi connectivity index (χ3v) is 4.30. The second kappa shape index (κ2) is 12.6. The van der Waals surface area contributed by atoms with Crippen LogP contribution in [0.15, 0.2) is 0 Å². The Hall–Kier alpha value is -0.900. The lowest BCUT2D eigenvalue weighted by atomic mass is 10.0. The summed E-state index contributed by atoms with van der Waals surface area (Å²) in [6.45, 7) is 9.43. The minimum atomic E-state index is 0.116. The molecule has 0 radical (unpaired) electrons. The average molecular weight is 312 g/mol. The zero-order valence-corrected chi connectivity index (χ0v) is 15.3. The van der Waals surface area contributed by atoms with Crippen molar-refractivity contribution in [2.24, 2.45) is 5.92 Å². The number of hydrogen-bond acceptors (Lipinski definition) is 3. The van der Waals surface area contributed by atoms with Crippen molar-refractivity contribution in [1.82, 2.24) is 10.2 Å². The lowest BCUT2D eigenvalue weighted by Gasteiger charge is -2.22. The number of carbonyl (C=O) groups excluding carboxylic acids is 2. The molecule has 0 bridgehead atoms. The van der Waals surface area contributed by atoms with Crippen LogP contribution in [0.3, 0.4) is 0 Å². The molecule has 1 amide bonds. The molecule has 0 aromatic carbocycles. The van der Waals surface area contributed by atoms with Crippen LogP contribution in [0.1, 0.15) is 72.6 Å². The highest BCUT2D eigenvalue weighted by atomic mass is 16.2. The highest BCUT2D eigenvalue weighted by Crippen LogP contribution is 2.08. The van der Waals surface area contributed by atoms with E-state index in [2.05, 4.69) is 24.1 Å². The van der Waals surface area contributed by atoms with E-state index in [-0.39, 0.29) is 11.8 Å². The van der Waals surface area contributed by atoms with Gasteiger partial charge >= 0.3 is 0 Å². The molecular formula is C18H36N2O2. The second-order valence-electron chi connectivity index (χ2n) is 6.66. The van der Waals surface area contributed by atoms with E-state index < -0.39 is 0 Å². The quantitative estimate of drug-likeness (QED) is 0.530. The van der Waals surface area contributed by atoms with Gasteiger partial charge in [0.15, 0.2) is 0 Å². The van der Waals surface area contributed by atoms with Gasteiger partial charge in [-0.1, -0.05) is 40.0 Å². The summed E-state index contributed by atoms with van der Waals surface area (Å²) in [7, 11) is 1.99. The van der Waals surface area contributed by atoms with Crippen molar-refractivity contribution >= 4 is 11.7 Å². The maximum atomic E-state index is 11.8. The van der Waals surface area contributed by atoms with E-state index >= 15 is 0 Å². The van der Waals surface area contributed by atoms with Gasteiger partial charge in [0.1, 0.15) is 5.78 Å². The van der Waals surface area contributed by atoms with Gasteiger partial charge in [0.05, 0.1) is 6.54 Å². The summed E-state index contributed by atoms with van der Waals surface area (Å²) in [5.74, 6) is 0.659. The molecule has 0 saturated carbocycles. The largest absolute Gasteiger partial charge is 0.355 e. The predicted octanol–water partition coefficient (Wildman–Crippen LogP) is 3.40. The van der Waals surface area contributed by atoms with Crippen molar-refractivity contribution in [2.45, 2.75) is 78.7 Å². The summed E-state index contributed by atoms with van der Waals surface area (Å²) in [4.78, 5) is 25.3. The molecule has 0 fully saturated rings. The van der Waals surface area contributed by atoms with Crippen LogP contribution in [0.2, 0.25) is 0 Å². The smallest absolute Gasteiger partial charge is 0.234 e. The predicted molar refractivity (Wildman–Crippen MR) is 92.9 cm³/mol. The van der Waals surface area contributed by atoms with Gasteiger partial charge in [-0.15, -0.1) is 0 Å². The minimum absolute atomic E-state index is 0.116. The fourth-order valence-corrected chi connectivity index (χ4v) is 2.22. The zero-order chi connectivity index (χ0) is 17.0. The van der Waals surface area contributed by atoms with Crippen LogP contribution >= 0.6 is 0 Å². The monoisotopic (exact) mass is 312 g/mol. The zero-order valence-electron chi connectivity index (χ0n) is 15.3. The van der Waals surface area contributed by atoms with Crippen molar-refractivity contribution in [3.63, 3.8) is 0 Å². The molecule has 1 atom stereocenters. The summed E-state index contributed by atoms with van der Waals surface area (Å²) in [5, 5.41) is 2.98. The van der Waals surface area contributed by atoms with Gasteiger partial charge in [-0.05, 0) is 33.2 Å². The fourth-order valence-electron chi connectivity index (χ4n) is 2.22. The second-order valence-corrected chi connectivity index (χ2v) is 6.66. The standard InChI is InChI=1S/C18H36N2O2/c1-6-16(4)20(5)14-18(22)19-13-11-9-7-8-10-12-17(21)15(2)3/h15-16H,6-14H2,1-5H3,(H,19,22). The SMILES string of the molecule is CCC(C)N(C)CC(=O)NCCCCCCCC(=O)C(C)C. The number of Topliss-reactive ketones (excluding diaryl/α,β-unsaturated/α-hetero) is 1. The normalized spacial score (nSPS) is 12.7. The van der Waals surface area contributed by atoms with Crippen molar-refractivity contribution in [3.05, 3.63) is 0 Å². The summed E-state index contributed by atoms with van der Waals surface area (Å²) >= 11 is 0. The Morgan fingerprint density at radius 3 is 2.18 bits per heavy atom. The van der Waals surface area contributed by atoms with Gasteiger partial charge in [0.2, 0.25) is 5.91 Å². The lowest BCUT2D eigenvalue weighted by Crippen LogP contribution is -2.39. The number of ketones is 1. The van der Waals surface area contributed by atoms with Crippen LogP contribution in [0.25, 0.3) is 0 Å². The Morgan fingerprint density at radius 2 is 1.59 bits per heavy atom. The molecule has 4 nitrogen and oxygen atoms in total. The number of amides is 1. The van der Waals surface area contributed by atoms with E-state index in [1.807, 2.05) is 20.9 Å². The lowest BCUT2D eigenvalue weighted by molar-refractivity contribution is -0.123. The molecular weight excluding hydrogens is 276 g/mol. The van der Waals surface area contributed by atoms with Gasteiger partial charge in [0, 0.05) is 24.9 Å². The van der Waals surface area contributed by atoms with E-state index in [1.165, 1.54) is 0 Å². The van der Waals surface area contributed by atoms with Crippen LogP contribution in [0, 0.1) is 5.92 Å². The Bertz CT molecular complexity index is 316. The minimum Gasteiger partial charge on any atom is -0.355 e. The first-order chi connectivity index (χ1) is 10.4. The molecule has 0 aliphatic carbocycles. The summed E-state index contributed by atoms with van der Waals surface area (Å²) in [5.41, 5.74) is 0. The Labute approximate surface area is 137 Å². The first-order valence-electron chi connectivity index (χ1n) is 8.88. The number of unbranched alkanes of at least 4 members (excludes halogenated alkanes) is 4. The first kappa shape index (κ1) is 21.1. The molecule has 0 rings (SSSR count). The van der Waals surface area contributed by atoms with Crippen molar-refractivity contribution in [3.8, 4) is 0 Å². The highest BCUT2D eigenvalue weighted by molar-refractivity contribution is 5.80. The van der Waals surface area contributed by atoms with E-state index in [4.69, 9.17) is 0 Å². The van der Waals surface area contributed by atoms with Gasteiger partial charge in [-0.2, -0.15) is 0 Å². The first-order valence-corrected chi connectivity index (χ1v) is 8.88. The van der Waals surface area contributed by atoms with E-state index in [0.717, 1.165) is 51.5 Å². The molecule has 0 aliphatic rings. The van der Waals surface area contributed by atoms with Gasteiger partial charge < -0.3 is 5.32 Å². The topological polar surface area (TPSA) is 49.4 Å². The molecule has 0 aromatic heterocycles. The molecule has 0 heterocycles. The Kier molecular flexibility index (Phi) is 12.1. The van der Waals surface area contributed by atoms with Gasteiger partial charge in [0.25, 0.3) is 0 Å². The van der Waals surface area contributed by atoms with E-state index in [0.29, 0.717) is 18.4 Å². The van der Waals surface area contributed by atoms with Crippen LogP contribution in [-0.4, -0.2) is 42.8 Å². The summed E-state index contributed by atoms with van der Waals surface area (Å²) in [6, 6.07) is 0.444. The van der Waals surface area contributed by atoms with E-state index in [9.17, 15) is 9.59 Å². The number of rotatable bonds is 13. The number of carbonyl (C=O) groups is 2. The summed E-state index contributed by atoms with van der Waals surface area (Å²) in [6.07, 6.45) is 7.19. The van der Waals surface area contributed by atoms with Crippen molar-refractivity contribution in [1.29, 1.82) is 0 Å². The van der Waals surface area contributed by atoms with E-state index in [1.54, 1.807) is 0 Å². The molecule has 130 valence electrons. The van der Waals surface area contributed by atoms with Crippen LogP contribution in [-0.2, 0) is 9.59 Å². The maximum Gasteiger partial charge on any atom is 0.234 e. The fraction of sp³-hybridized carbons (Fsp3) is 0.889. The molecule has 1 unspecified atom stereocenters. The van der Waals surface area contributed by atoms with Gasteiger partial charge in [-0.25, -0.2) is 0 Å². The average Bonchev–Trinajstić information content (AvgIpc) is 2.48. The highest BCUT2D eigenvalue weighted by Gasteiger charge is 2.10. The number of nitrogens with zero attached hydrogens (tertiary/aromatic N) is 1. The number of hydrogen-bond donors (Lipinski definition) is 1. The molecule has 1 N–H and O–H groups in total. The maximum absolute atomic E-state index is 11.8.